The normalized spacial score (nSPS) is 13.1. The van der Waals surface area contributed by atoms with E-state index < -0.39 is 35.1 Å². The van der Waals surface area contributed by atoms with Crippen molar-refractivity contribution in [2.24, 2.45) is 0 Å². The molecule has 1 atom stereocenters. The minimum Gasteiger partial charge on any atom is -0.389 e. The van der Waals surface area contributed by atoms with Crippen LogP contribution in [0.1, 0.15) is 46.2 Å². The SMILES string of the molecule is CC(C)N(CC(C)(C)O)C(=O)N[C@@H](C)c1cc(F)c(F)c(F)c1. The monoisotopic (exact) mass is 332 g/mol. The Kier molecular flexibility index (Phi) is 6.04. The van der Waals surface area contributed by atoms with E-state index in [4.69, 9.17) is 0 Å². The lowest BCUT2D eigenvalue weighted by Gasteiger charge is -2.33. The number of rotatable bonds is 5. The van der Waals surface area contributed by atoms with Gasteiger partial charge in [0, 0.05) is 6.04 Å². The van der Waals surface area contributed by atoms with E-state index in [1.807, 2.05) is 0 Å². The summed E-state index contributed by atoms with van der Waals surface area (Å²) in [6.07, 6.45) is 0. The highest BCUT2D eigenvalue weighted by atomic mass is 19.2. The fraction of sp³-hybridized carbons (Fsp3) is 0.562. The maximum Gasteiger partial charge on any atom is 0.318 e. The van der Waals surface area contributed by atoms with Gasteiger partial charge >= 0.3 is 6.03 Å². The van der Waals surface area contributed by atoms with Crippen molar-refractivity contribution in [1.29, 1.82) is 0 Å². The van der Waals surface area contributed by atoms with Crippen LogP contribution in [-0.4, -0.2) is 34.2 Å². The number of carbonyl (C=O) groups is 1. The molecule has 0 spiro atoms. The zero-order chi connectivity index (χ0) is 17.9. The Hall–Kier alpha value is -1.76. The van der Waals surface area contributed by atoms with Gasteiger partial charge in [-0.05, 0) is 52.3 Å². The van der Waals surface area contributed by atoms with Crippen LogP contribution in [0.25, 0.3) is 0 Å². The van der Waals surface area contributed by atoms with Gasteiger partial charge < -0.3 is 15.3 Å². The molecule has 0 bridgehead atoms. The summed E-state index contributed by atoms with van der Waals surface area (Å²) in [5.41, 5.74) is -0.972. The van der Waals surface area contributed by atoms with Gasteiger partial charge in [-0.3, -0.25) is 0 Å². The van der Waals surface area contributed by atoms with Crippen LogP contribution in [0.15, 0.2) is 12.1 Å². The van der Waals surface area contributed by atoms with Gasteiger partial charge in [0.05, 0.1) is 18.2 Å². The van der Waals surface area contributed by atoms with Gasteiger partial charge in [-0.2, -0.15) is 0 Å². The number of halogens is 3. The van der Waals surface area contributed by atoms with Gasteiger partial charge in [0.15, 0.2) is 17.5 Å². The molecule has 7 heteroatoms. The van der Waals surface area contributed by atoms with Crippen molar-refractivity contribution >= 4 is 6.03 Å². The van der Waals surface area contributed by atoms with Crippen LogP contribution in [0.4, 0.5) is 18.0 Å². The third-order valence-corrected chi connectivity index (χ3v) is 3.29. The van der Waals surface area contributed by atoms with Crippen LogP contribution in [0.5, 0.6) is 0 Å². The first kappa shape index (κ1) is 19.3. The second kappa shape index (κ2) is 7.21. The molecule has 0 aromatic heterocycles. The average Bonchev–Trinajstić information content (AvgIpc) is 2.40. The molecular formula is C16H23F3N2O2. The van der Waals surface area contributed by atoms with E-state index in [2.05, 4.69) is 5.32 Å². The highest BCUT2D eigenvalue weighted by Crippen LogP contribution is 2.20. The third-order valence-electron chi connectivity index (χ3n) is 3.29. The molecule has 0 fully saturated rings. The zero-order valence-corrected chi connectivity index (χ0v) is 14.0. The maximum absolute atomic E-state index is 13.3. The average molecular weight is 332 g/mol. The second-order valence-electron chi connectivity index (χ2n) is 6.50. The van der Waals surface area contributed by atoms with E-state index in [-0.39, 0.29) is 18.2 Å². The van der Waals surface area contributed by atoms with Crippen LogP contribution in [-0.2, 0) is 0 Å². The molecule has 0 aliphatic carbocycles. The minimum absolute atomic E-state index is 0.0926. The molecule has 0 radical (unpaired) electrons. The van der Waals surface area contributed by atoms with Crippen molar-refractivity contribution in [3.8, 4) is 0 Å². The number of nitrogens with zero attached hydrogens (tertiary/aromatic N) is 1. The van der Waals surface area contributed by atoms with Crippen LogP contribution in [0.3, 0.4) is 0 Å². The van der Waals surface area contributed by atoms with Crippen LogP contribution in [0, 0.1) is 17.5 Å². The van der Waals surface area contributed by atoms with Crippen LogP contribution in [0.2, 0.25) is 0 Å². The molecule has 1 aromatic carbocycles. The molecule has 23 heavy (non-hydrogen) atoms. The number of benzene rings is 1. The summed E-state index contributed by atoms with van der Waals surface area (Å²) in [5.74, 6) is -4.16. The summed E-state index contributed by atoms with van der Waals surface area (Å²) in [7, 11) is 0. The van der Waals surface area contributed by atoms with E-state index in [1.165, 1.54) is 11.8 Å². The fourth-order valence-corrected chi connectivity index (χ4v) is 2.08. The van der Waals surface area contributed by atoms with Gasteiger partial charge in [0.2, 0.25) is 0 Å². The highest BCUT2D eigenvalue weighted by Gasteiger charge is 2.26. The molecule has 0 saturated carbocycles. The van der Waals surface area contributed by atoms with Crippen LogP contribution < -0.4 is 5.32 Å². The van der Waals surface area contributed by atoms with Crippen molar-refractivity contribution in [2.45, 2.75) is 52.3 Å². The lowest BCUT2D eigenvalue weighted by molar-refractivity contribution is 0.0383. The number of urea groups is 1. The summed E-state index contributed by atoms with van der Waals surface area (Å²) < 4.78 is 39.5. The molecule has 4 nitrogen and oxygen atoms in total. The Labute approximate surface area is 134 Å². The van der Waals surface area contributed by atoms with E-state index in [1.54, 1.807) is 27.7 Å². The highest BCUT2D eigenvalue weighted by molar-refractivity contribution is 5.75. The summed E-state index contributed by atoms with van der Waals surface area (Å²) in [4.78, 5) is 13.7. The van der Waals surface area contributed by atoms with E-state index >= 15 is 0 Å². The standard InChI is InChI=1S/C16H23F3N2O2/c1-9(2)21(8-16(4,5)23)15(22)20-10(3)11-6-12(17)14(19)13(18)7-11/h6-7,9-10,23H,8H2,1-5H3,(H,20,22)/t10-/m0/s1. The van der Waals surface area contributed by atoms with Gasteiger partial charge in [0.25, 0.3) is 0 Å². The molecule has 2 N–H and O–H groups in total. The molecule has 0 aliphatic rings. The summed E-state index contributed by atoms with van der Waals surface area (Å²) in [6.45, 7) is 8.34. The first-order valence-corrected chi connectivity index (χ1v) is 7.36. The van der Waals surface area contributed by atoms with Crippen molar-refractivity contribution in [1.82, 2.24) is 10.2 Å². The maximum atomic E-state index is 13.3. The molecule has 0 aliphatic heterocycles. The van der Waals surface area contributed by atoms with Crippen LogP contribution >= 0.6 is 0 Å². The number of hydrogen-bond acceptors (Lipinski definition) is 2. The van der Waals surface area contributed by atoms with Gasteiger partial charge in [0.1, 0.15) is 0 Å². The third kappa shape index (κ3) is 5.42. The predicted octanol–water partition coefficient (Wildman–Crippen LogP) is 3.36. The summed E-state index contributed by atoms with van der Waals surface area (Å²) >= 11 is 0. The van der Waals surface area contributed by atoms with Gasteiger partial charge in [-0.1, -0.05) is 0 Å². The Morgan fingerprint density at radius 2 is 1.70 bits per heavy atom. The van der Waals surface area contributed by atoms with Gasteiger partial charge in [-0.25, -0.2) is 18.0 Å². The zero-order valence-electron chi connectivity index (χ0n) is 14.0. The Balaban J connectivity index is 2.90. The van der Waals surface area contributed by atoms with E-state index in [0.29, 0.717) is 0 Å². The number of amides is 2. The number of hydrogen-bond donors (Lipinski definition) is 2. The fourth-order valence-electron chi connectivity index (χ4n) is 2.08. The first-order chi connectivity index (χ1) is 10.4. The lowest BCUT2D eigenvalue weighted by atomic mass is 10.1. The summed E-state index contributed by atoms with van der Waals surface area (Å²) in [6, 6.07) is 0.295. The summed E-state index contributed by atoms with van der Waals surface area (Å²) in [5, 5.41) is 12.5. The predicted molar refractivity (Wildman–Crippen MR) is 81.4 cm³/mol. The van der Waals surface area contributed by atoms with Crippen molar-refractivity contribution in [2.75, 3.05) is 6.54 Å². The number of carbonyl (C=O) groups excluding carboxylic acids is 1. The lowest BCUT2D eigenvalue weighted by Crippen LogP contribution is -2.50. The topological polar surface area (TPSA) is 52.6 Å². The largest absolute Gasteiger partial charge is 0.389 e. The van der Waals surface area contributed by atoms with Crippen molar-refractivity contribution < 1.29 is 23.1 Å². The molecule has 0 heterocycles. The quantitative estimate of drug-likeness (QED) is 0.813. The molecule has 2 amide bonds. The number of nitrogens with one attached hydrogen (secondary N) is 1. The first-order valence-electron chi connectivity index (χ1n) is 7.36. The minimum atomic E-state index is -1.54. The van der Waals surface area contributed by atoms with Gasteiger partial charge in [-0.15, -0.1) is 0 Å². The Morgan fingerprint density at radius 3 is 2.09 bits per heavy atom. The smallest absolute Gasteiger partial charge is 0.318 e. The Bertz CT molecular complexity index is 548. The second-order valence-corrected chi connectivity index (χ2v) is 6.50. The van der Waals surface area contributed by atoms with E-state index in [9.17, 15) is 23.1 Å². The molecule has 0 saturated heterocycles. The molecule has 1 aromatic rings. The number of aliphatic hydroxyl groups is 1. The molecule has 130 valence electrons. The van der Waals surface area contributed by atoms with Crippen molar-refractivity contribution in [3.63, 3.8) is 0 Å². The molecule has 0 unspecified atom stereocenters. The molecular weight excluding hydrogens is 309 g/mol. The van der Waals surface area contributed by atoms with Crippen molar-refractivity contribution in [3.05, 3.63) is 35.1 Å². The Morgan fingerprint density at radius 1 is 1.22 bits per heavy atom. The molecule has 1 rings (SSSR count). The van der Waals surface area contributed by atoms with E-state index in [0.717, 1.165) is 12.1 Å².